The summed E-state index contributed by atoms with van der Waals surface area (Å²) in [5.74, 6) is -0.812. The molecule has 0 radical (unpaired) electrons. The summed E-state index contributed by atoms with van der Waals surface area (Å²) in [6.45, 7) is 0. The highest BCUT2D eigenvalue weighted by molar-refractivity contribution is 6.30. The molecule has 3 aromatic rings. The summed E-state index contributed by atoms with van der Waals surface area (Å²) >= 11 is 6.02. The van der Waals surface area contributed by atoms with Gasteiger partial charge in [0.05, 0.1) is 5.56 Å². The smallest absolute Gasteiger partial charge is 0.335 e. The van der Waals surface area contributed by atoms with E-state index in [0.717, 1.165) is 28.8 Å². The molecule has 0 spiro atoms. The Morgan fingerprint density at radius 1 is 0.960 bits per heavy atom. The summed E-state index contributed by atoms with van der Waals surface area (Å²) in [6.07, 6.45) is 0.741. The van der Waals surface area contributed by atoms with Gasteiger partial charge in [-0.1, -0.05) is 48.0 Å². The molecule has 3 aromatic carbocycles. The van der Waals surface area contributed by atoms with Crippen LogP contribution in [0.25, 0.3) is 0 Å². The van der Waals surface area contributed by atoms with Crippen molar-refractivity contribution in [2.75, 3.05) is 5.73 Å². The third-order valence-electron chi connectivity index (χ3n) is 4.23. The number of anilines is 1. The number of aromatic carboxylic acids is 1. The summed E-state index contributed by atoms with van der Waals surface area (Å²) in [6, 6.07) is 22.6. The van der Waals surface area contributed by atoms with Crippen molar-refractivity contribution in [2.45, 2.75) is 12.3 Å². The maximum absolute atomic E-state index is 11.0. The lowest BCUT2D eigenvalue weighted by Crippen LogP contribution is -2.06. The SMILES string of the molecule is Nc1cccc(C(Cc2ccc(C(=O)O)cc2)c2ccc(Cl)cc2)c1. The van der Waals surface area contributed by atoms with Gasteiger partial charge >= 0.3 is 5.97 Å². The van der Waals surface area contributed by atoms with E-state index in [1.165, 1.54) is 0 Å². The van der Waals surface area contributed by atoms with Crippen molar-refractivity contribution in [3.8, 4) is 0 Å². The van der Waals surface area contributed by atoms with E-state index in [1.807, 2.05) is 54.6 Å². The lowest BCUT2D eigenvalue weighted by molar-refractivity contribution is 0.0697. The molecule has 3 nitrogen and oxygen atoms in total. The second-order valence-electron chi connectivity index (χ2n) is 5.98. The second-order valence-corrected chi connectivity index (χ2v) is 6.42. The standard InChI is InChI=1S/C21H18ClNO2/c22-18-10-8-15(9-11-18)20(17-2-1-3-19(23)13-17)12-14-4-6-16(7-5-14)21(24)25/h1-11,13,20H,12,23H2,(H,24,25). The third kappa shape index (κ3) is 4.20. The molecule has 0 heterocycles. The minimum absolute atomic E-state index is 0.108. The Bertz CT molecular complexity index is 873. The fraction of sp³-hybridized carbons (Fsp3) is 0.0952. The number of carbonyl (C=O) groups is 1. The van der Waals surface area contributed by atoms with Crippen molar-refractivity contribution >= 4 is 23.3 Å². The number of benzene rings is 3. The van der Waals surface area contributed by atoms with Gasteiger partial charge in [0.15, 0.2) is 0 Å². The molecule has 0 fully saturated rings. The van der Waals surface area contributed by atoms with Crippen LogP contribution >= 0.6 is 11.6 Å². The molecule has 126 valence electrons. The molecule has 0 saturated carbocycles. The Balaban J connectivity index is 1.96. The Morgan fingerprint density at radius 2 is 1.64 bits per heavy atom. The number of hydrogen-bond acceptors (Lipinski definition) is 2. The van der Waals surface area contributed by atoms with Gasteiger partial charge in [0.25, 0.3) is 0 Å². The normalized spacial score (nSPS) is 11.9. The lowest BCUT2D eigenvalue weighted by Gasteiger charge is -2.19. The van der Waals surface area contributed by atoms with Crippen LogP contribution in [0.4, 0.5) is 5.69 Å². The summed E-state index contributed by atoms with van der Waals surface area (Å²) in [5, 5.41) is 9.74. The minimum Gasteiger partial charge on any atom is -0.478 e. The zero-order chi connectivity index (χ0) is 17.8. The average molecular weight is 352 g/mol. The topological polar surface area (TPSA) is 63.3 Å². The van der Waals surface area contributed by atoms with Gasteiger partial charge in [0.2, 0.25) is 0 Å². The van der Waals surface area contributed by atoms with Gasteiger partial charge in [-0.15, -0.1) is 0 Å². The van der Waals surface area contributed by atoms with Crippen molar-refractivity contribution in [3.05, 3.63) is 100 Å². The molecule has 1 unspecified atom stereocenters. The number of carboxylic acid groups (broad SMARTS) is 1. The number of carboxylic acids is 1. The highest BCUT2D eigenvalue weighted by atomic mass is 35.5. The van der Waals surface area contributed by atoms with E-state index in [4.69, 9.17) is 22.4 Å². The Morgan fingerprint density at radius 3 is 2.24 bits per heavy atom. The molecule has 0 aromatic heterocycles. The van der Waals surface area contributed by atoms with Crippen molar-refractivity contribution in [1.82, 2.24) is 0 Å². The van der Waals surface area contributed by atoms with Crippen molar-refractivity contribution in [1.29, 1.82) is 0 Å². The minimum atomic E-state index is -0.920. The molecule has 0 aliphatic heterocycles. The van der Waals surface area contributed by atoms with Crippen molar-refractivity contribution in [2.24, 2.45) is 0 Å². The van der Waals surface area contributed by atoms with E-state index >= 15 is 0 Å². The molecule has 1 atom stereocenters. The second kappa shape index (κ2) is 7.41. The van der Waals surface area contributed by atoms with Crippen LogP contribution < -0.4 is 5.73 Å². The molecule has 0 amide bonds. The molecule has 0 aliphatic rings. The van der Waals surface area contributed by atoms with Crippen LogP contribution in [0, 0.1) is 0 Å². The summed E-state index contributed by atoms with van der Waals surface area (Å²) < 4.78 is 0. The quantitative estimate of drug-likeness (QED) is 0.636. The van der Waals surface area contributed by atoms with Gasteiger partial charge in [-0.05, 0) is 59.5 Å². The predicted molar refractivity (Wildman–Crippen MR) is 101 cm³/mol. The Labute approximate surface area is 151 Å². The van der Waals surface area contributed by atoms with Gasteiger partial charge in [0.1, 0.15) is 0 Å². The van der Waals surface area contributed by atoms with E-state index in [1.54, 1.807) is 12.1 Å². The molecule has 0 saturated heterocycles. The first-order valence-corrected chi connectivity index (χ1v) is 8.34. The van der Waals surface area contributed by atoms with E-state index < -0.39 is 5.97 Å². The Hall–Kier alpha value is -2.78. The number of halogens is 1. The van der Waals surface area contributed by atoms with Crippen LogP contribution in [-0.4, -0.2) is 11.1 Å². The average Bonchev–Trinajstić information content (AvgIpc) is 2.61. The summed E-state index contributed by atoms with van der Waals surface area (Å²) in [5.41, 5.74) is 10.3. The fourth-order valence-electron chi connectivity index (χ4n) is 2.92. The van der Waals surface area contributed by atoms with Crippen LogP contribution in [0.1, 0.15) is 33.0 Å². The third-order valence-corrected chi connectivity index (χ3v) is 4.48. The van der Waals surface area contributed by atoms with Gasteiger partial charge < -0.3 is 10.8 Å². The van der Waals surface area contributed by atoms with E-state index in [-0.39, 0.29) is 11.5 Å². The van der Waals surface area contributed by atoms with Crippen LogP contribution in [0.3, 0.4) is 0 Å². The molecule has 0 aliphatic carbocycles. The van der Waals surface area contributed by atoms with Gasteiger partial charge in [-0.3, -0.25) is 0 Å². The predicted octanol–water partition coefficient (Wildman–Crippen LogP) is 5.00. The first-order valence-electron chi connectivity index (χ1n) is 7.96. The molecule has 4 heteroatoms. The van der Waals surface area contributed by atoms with E-state index in [0.29, 0.717) is 5.02 Å². The van der Waals surface area contributed by atoms with E-state index in [9.17, 15) is 4.79 Å². The highest BCUT2D eigenvalue weighted by Gasteiger charge is 2.16. The number of nitrogen functional groups attached to an aromatic ring is 1. The molecular weight excluding hydrogens is 334 g/mol. The van der Waals surface area contributed by atoms with Crippen LogP contribution in [0.5, 0.6) is 0 Å². The molecule has 3 rings (SSSR count). The van der Waals surface area contributed by atoms with Gasteiger partial charge in [0, 0.05) is 16.6 Å². The maximum Gasteiger partial charge on any atom is 0.335 e. The van der Waals surface area contributed by atoms with Crippen molar-refractivity contribution in [3.63, 3.8) is 0 Å². The summed E-state index contributed by atoms with van der Waals surface area (Å²) in [7, 11) is 0. The molecular formula is C21H18ClNO2. The number of hydrogen-bond donors (Lipinski definition) is 2. The molecule has 3 N–H and O–H groups in total. The first-order chi connectivity index (χ1) is 12.0. The zero-order valence-electron chi connectivity index (χ0n) is 13.5. The van der Waals surface area contributed by atoms with Gasteiger partial charge in [-0.25, -0.2) is 4.79 Å². The maximum atomic E-state index is 11.0. The van der Waals surface area contributed by atoms with Crippen LogP contribution in [0.2, 0.25) is 5.02 Å². The monoisotopic (exact) mass is 351 g/mol. The van der Waals surface area contributed by atoms with E-state index in [2.05, 4.69) is 6.07 Å². The zero-order valence-corrected chi connectivity index (χ0v) is 14.3. The van der Waals surface area contributed by atoms with Crippen LogP contribution in [-0.2, 0) is 6.42 Å². The first kappa shape index (κ1) is 17.1. The largest absolute Gasteiger partial charge is 0.478 e. The lowest BCUT2D eigenvalue weighted by atomic mass is 9.85. The molecule has 0 bridgehead atoms. The van der Waals surface area contributed by atoms with Gasteiger partial charge in [-0.2, -0.15) is 0 Å². The number of nitrogens with two attached hydrogens (primary N) is 1. The van der Waals surface area contributed by atoms with Crippen molar-refractivity contribution < 1.29 is 9.90 Å². The van der Waals surface area contributed by atoms with Crippen LogP contribution in [0.15, 0.2) is 72.8 Å². The summed E-state index contributed by atoms with van der Waals surface area (Å²) in [4.78, 5) is 11.0. The fourth-order valence-corrected chi connectivity index (χ4v) is 3.04. The Kier molecular flexibility index (Phi) is 5.05. The number of rotatable bonds is 5. The molecule has 25 heavy (non-hydrogen) atoms. The highest BCUT2D eigenvalue weighted by Crippen LogP contribution is 2.30.